The van der Waals surface area contributed by atoms with Crippen LogP contribution in [0.1, 0.15) is 6.42 Å². The van der Waals surface area contributed by atoms with E-state index in [9.17, 15) is 4.79 Å². The Morgan fingerprint density at radius 2 is 2.54 bits per heavy atom. The summed E-state index contributed by atoms with van der Waals surface area (Å²) in [5, 5.41) is 10.7. The molecule has 2 fully saturated rings. The zero-order valence-electron chi connectivity index (χ0n) is 7.40. The molecule has 0 aromatic heterocycles. The van der Waals surface area contributed by atoms with Crippen molar-refractivity contribution in [2.75, 3.05) is 26.2 Å². The summed E-state index contributed by atoms with van der Waals surface area (Å²) < 4.78 is 5.43. The van der Waals surface area contributed by atoms with Crippen molar-refractivity contribution in [2.24, 2.45) is 0 Å². The van der Waals surface area contributed by atoms with Gasteiger partial charge in [-0.2, -0.15) is 0 Å². The molecule has 0 radical (unpaired) electrons. The van der Waals surface area contributed by atoms with Crippen molar-refractivity contribution >= 4 is 6.09 Å². The van der Waals surface area contributed by atoms with E-state index in [4.69, 9.17) is 9.84 Å². The smallest absolute Gasteiger partial charge is 0.404 e. The van der Waals surface area contributed by atoms with Gasteiger partial charge in [0, 0.05) is 25.7 Å². The van der Waals surface area contributed by atoms with Crippen LogP contribution in [-0.4, -0.2) is 54.5 Å². The van der Waals surface area contributed by atoms with Gasteiger partial charge in [0.1, 0.15) is 0 Å². The van der Waals surface area contributed by atoms with E-state index in [1.807, 2.05) is 0 Å². The van der Waals surface area contributed by atoms with Gasteiger partial charge in [-0.25, -0.2) is 4.79 Å². The van der Waals surface area contributed by atoms with Crippen molar-refractivity contribution in [3.05, 3.63) is 0 Å². The number of fused-ring (bicyclic) bond motifs is 1. The first-order valence-electron chi connectivity index (χ1n) is 4.60. The first-order chi connectivity index (χ1) is 6.27. The molecule has 1 heterocycles. The second kappa shape index (κ2) is 3.51. The van der Waals surface area contributed by atoms with Gasteiger partial charge in [0.25, 0.3) is 0 Å². The second-order valence-corrected chi connectivity index (χ2v) is 3.48. The number of hydrogen-bond donors (Lipinski definition) is 2. The van der Waals surface area contributed by atoms with Gasteiger partial charge < -0.3 is 15.2 Å². The number of amides is 1. The maximum atomic E-state index is 10.2. The molecule has 1 saturated heterocycles. The lowest BCUT2D eigenvalue weighted by Gasteiger charge is -2.26. The molecular formula is C8H14N2O3. The Morgan fingerprint density at radius 1 is 1.69 bits per heavy atom. The van der Waals surface area contributed by atoms with Crippen LogP contribution in [-0.2, 0) is 4.74 Å². The average Bonchev–Trinajstić information content (AvgIpc) is 2.82. The number of hydrogen-bond acceptors (Lipinski definition) is 3. The summed E-state index contributed by atoms with van der Waals surface area (Å²) in [7, 11) is 0. The number of nitrogens with zero attached hydrogens (tertiary/aromatic N) is 1. The molecule has 5 heteroatoms. The predicted molar refractivity (Wildman–Crippen MR) is 45.7 cm³/mol. The van der Waals surface area contributed by atoms with Gasteiger partial charge in [0.2, 0.25) is 0 Å². The summed E-state index contributed by atoms with van der Waals surface area (Å²) in [5.41, 5.74) is 0. The predicted octanol–water partition coefficient (Wildman–Crippen LogP) is -0.273. The molecule has 1 amide bonds. The van der Waals surface area contributed by atoms with Crippen LogP contribution in [0.2, 0.25) is 0 Å². The minimum absolute atomic E-state index is 0.429. The van der Waals surface area contributed by atoms with Crippen LogP contribution in [0.25, 0.3) is 0 Å². The Balaban J connectivity index is 1.66. The van der Waals surface area contributed by atoms with Crippen LogP contribution in [0, 0.1) is 0 Å². The number of carboxylic acid groups (broad SMARTS) is 1. The van der Waals surface area contributed by atoms with Gasteiger partial charge in [-0.05, 0) is 6.42 Å². The van der Waals surface area contributed by atoms with E-state index in [1.54, 1.807) is 0 Å². The summed E-state index contributed by atoms with van der Waals surface area (Å²) in [5.74, 6) is 0. The topological polar surface area (TPSA) is 61.8 Å². The van der Waals surface area contributed by atoms with E-state index in [1.165, 1.54) is 0 Å². The lowest BCUT2D eigenvalue weighted by molar-refractivity contribution is 0.0318. The molecule has 2 aliphatic rings. The van der Waals surface area contributed by atoms with E-state index in [-0.39, 0.29) is 0 Å². The Morgan fingerprint density at radius 3 is 3.31 bits per heavy atom. The summed E-state index contributed by atoms with van der Waals surface area (Å²) in [4.78, 5) is 12.5. The average molecular weight is 186 g/mol. The molecule has 74 valence electrons. The quantitative estimate of drug-likeness (QED) is 0.636. The highest BCUT2D eigenvalue weighted by Gasteiger charge is 2.45. The normalized spacial score (nSPS) is 32.3. The molecule has 13 heavy (non-hydrogen) atoms. The molecule has 0 spiro atoms. The molecule has 2 N–H and O–H groups in total. The Kier molecular flexibility index (Phi) is 2.37. The summed E-state index contributed by atoms with van der Waals surface area (Å²) in [6.07, 6.45) is 0.603. The fourth-order valence-corrected chi connectivity index (χ4v) is 1.79. The number of morpholine rings is 1. The second-order valence-electron chi connectivity index (χ2n) is 3.48. The molecule has 0 aromatic carbocycles. The van der Waals surface area contributed by atoms with Gasteiger partial charge in [-0.3, -0.25) is 4.90 Å². The summed E-state index contributed by atoms with van der Waals surface area (Å²) >= 11 is 0. The van der Waals surface area contributed by atoms with Crippen LogP contribution in [0.5, 0.6) is 0 Å². The van der Waals surface area contributed by atoms with E-state index in [0.29, 0.717) is 18.7 Å². The van der Waals surface area contributed by atoms with Gasteiger partial charge in [-0.1, -0.05) is 0 Å². The number of nitrogens with one attached hydrogen (secondary N) is 1. The van der Waals surface area contributed by atoms with Crippen molar-refractivity contribution in [3.8, 4) is 0 Å². The Labute approximate surface area is 76.7 Å². The molecular weight excluding hydrogens is 172 g/mol. The maximum Gasteiger partial charge on any atom is 0.404 e. The minimum atomic E-state index is -0.944. The molecule has 2 rings (SSSR count). The van der Waals surface area contributed by atoms with Crippen LogP contribution in [0.4, 0.5) is 4.79 Å². The molecule has 1 aliphatic heterocycles. The van der Waals surface area contributed by atoms with Crippen molar-refractivity contribution in [2.45, 2.75) is 18.6 Å². The van der Waals surface area contributed by atoms with Crippen LogP contribution >= 0.6 is 0 Å². The van der Waals surface area contributed by atoms with E-state index in [0.717, 1.165) is 26.1 Å². The van der Waals surface area contributed by atoms with Gasteiger partial charge in [-0.15, -0.1) is 0 Å². The van der Waals surface area contributed by atoms with Crippen LogP contribution < -0.4 is 5.32 Å². The van der Waals surface area contributed by atoms with Gasteiger partial charge in [0.05, 0.1) is 12.7 Å². The summed E-state index contributed by atoms with van der Waals surface area (Å²) in [6, 6.07) is 0.560. The Bertz CT molecular complexity index is 210. The fourth-order valence-electron chi connectivity index (χ4n) is 1.79. The molecule has 5 nitrogen and oxygen atoms in total. The third-order valence-corrected chi connectivity index (χ3v) is 2.55. The highest BCUT2D eigenvalue weighted by molar-refractivity contribution is 5.64. The molecule has 0 aromatic rings. The van der Waals surface area contributed by atoms with Crippen LogP contribution in [0.3, 0.4) is 0 Å². The molecule has 1 aliphatic carbocycles. The minimum Gasteiger partial charge on any atom is -0.465 e. The highest BCUT2D eigenvalue weighted by Crippen LogP contribution is 2.33. The zero-order chi connectivity index (χ0) is 9.26. The monoisotopic (exact) mass is 186 g/mol. The van der Waals surface area contributed by atoms with E-state index >= 15 is 0 Å². The summed E-state index contributed by atoms with van der Waals surface area (Å²) in [6.45, 7) is 3.03. The lowest BCUT2D eigenvalue weighted by atomic mass is 10.4. The number of carbonyl (C=O) groups is 1. The van der Waals surface area contributed by atoms with E-state index < -0.39 is 6.09 Å². The molecule has 2 atom stereocenters. The maximum absolute atomic E-state index is 10.2. The largest absolute Gasteiger partial charge is 0.465 e. The van der Waals surface area contributed by atoms with Crippen molar-refractivity contribution < 1.29 is 14.6 Å². The molecule has 1 saturated carbocycles. The third-order valence-electron chi connectivity index (χ3n) is 2.55. The van der Waals surface area contributed by atoms with Gasteiger partial charge >= 0.3 is 6.09 Å². The standard InChI is InChI=1S/C8H14N2O3/c11-8(12)9-1-2-10-3-4-13-7-5-6(7)10/h6-7,9H,1-5H2,(H,11,12). The Hall–Kier alpha value is -0.810. The van der Waals surface area contributed by atoms with Crippen LogP contribution in [0.15, 0.2) is 0 Å². The van der Waals surface area contributed by atoms with Crippen molar-refractivity contribution in [1.29, 1.82) is 0 Å². The van der Waals surface area contributed by atoms with Crippen molar-refractivity contribution in [1.82, 2.24) is 10.2 Å². The lowest BCUT2D eigenvalue weighted by Crippen LogP contribution is -2.41. The molecule has 0 bridgehead atoms. The van der Waals surface area contributed by atoms with Gasteiger partial charge in [0.15, 0.2) is 0 Å². The van der Waals surface area contributed by atoms with Crippen molar-refractivity contribution in [3.63, 3.8) is 0 Å². The SMILES string of the molecule is O=C(O)NCCN1CCOC2CC21. The number of ether oxygens (including phenoxy) is 1. The van der Waals surface area contributed by atoms with E-state index in [2.05, 4.69) is 10.2 Å². The fraction of sp³-hybridized carbons (Fsp3) is 0.875. The first kappa shape index (κ1) is 8.77. The number of rotatable bonds is 3. The first-order valence-corrected chi connectivity index (χ1v) is 4.60. The zero-order valence-corrected chi connectivity index (χ0v) is 7.40. The highest BCUT2D eigenvalue weighted by atomic mass is 16.5. The molecule has 2 unspecified atom stereocenters. The third kappa shape index (κ3) is 2.10.